The Kier molecular flexibility index (Phi) is 4.68. The van der Waals surface area contributed by atoms with E-state index in [1.165, 1.54) is 12.1 Å². The van der Waals surface area contributed by atoms with Crippen molar-refractivity contribution >= 4 is 22.5 Å². The predicted molar refractivity (Wildman–Crippen MR) is 95.3 cm³/mol. The van der Waals surface area contributed by atoms with Gasteiger partial charge in [0, 0.05) is 16.8 Å². The van der Waals surface area contributed by atoms with Crippen LogP contribution in [-0.2, 0) is 12.6 Å². The van der Waals surface area contributed by atoms with Gasteiger partial charge >= 0.3 is 6.18 Å². The number of para-hydroxylation sites is 1. The van der Waals surface area contributed by atoms with Crippen molar-refractivity contribution in [3.8, 4) is 0 Å². The van der Waals surface area contributed by atoms with Crippen LogP contribution in [0.15, 0.2) is 48.5 Å². The van der Waals surface area contributed by atoms with Gasteiger partial charge in [-0.2, -0.15) is 13.2 Å². The lowest BCUT2D eigenvalue weighted by molar-refractivity contribution is -0.137. The van der Waals surface area contributed by atoms with Crippen LogP contribution in [0.3, 0.4) is 0 Å². The van der Waals surface area contributed by atoms with Gasteiger partial charge in [0.2, 0.25) is 0 Å². The number of amides is 1. The molecule has 0 saturated carbocycles. The van der Waals surface area contributed by atoms with E-state index in [4.69, 9.17) is 0 Å². The molecule has 0 saturated heterocycles. The molecule has 2 aromatic carbocycles. The highest BCUT2D eigenvalue weighted by Gasteiger charge is 2.30. The number of anilines is 1. The Labute approximate surface area is 148 Å². The van der Waals surface area contributed by atoms with E-state index in [-0.39, 0.29) is 5.91 Å². The van der Waals surface area contributed by atoms with E-state index in [0.29, 0.717) is 28.6 Å². The molecule has 3 nitrogen and oxygen atoms in total. The summed E-state index contributed by atoms with van der Waals surface area (Å²) in [6.45, 7) is 3.79. The van der Waals surface area contributed by atoms with Crippen molar-refractivity contribution in [2.45, 2.75) is 26.4 Å². The van der Waals surface area contributed by atoms with Crippen LogP contribution in [0, 0.1) is 6.92 Å². The number of nitrogens with one attached hydrogen (secondary N) is 1. The summed E-state index contributed by atoms with van der Waals surface area (Å²) in [4.78, 5) is 17.4. The number of alkyl halides is 3. The van der Waals surface area contributed by atoms with Gasteiger partial charge in [0.1, 0.15) is 0 Å². The van der Waals surface area contributed by atoms with Crippen molar-refractivity contribution < 1.29 is 18.0 Å². The monoisotopic (exact) mass is 358 g/mol. The number of hydrogen-bond donors (Lipinski definition) is 1. The molecule has 3 aromatic rings. The number of benzene rings is 2. The zero-order chi connectivity index (χ0) is 18.9. The minimum Gasteiger partial charge on any atom is -0.322 e. The summed E-state index contributed by atoms with van der Waals surface area (Å²) < 4.78 is 38.0. The first kappa shape index (κ1) is 17.9. The van der Waals surface area contributed by atoms with Crippen LogP contribution in [0.1, 0.15) is 34.1 Å². The topological polar surface area (TPSA) is 42.0 Å². The fourth-order valence-corrected chi connectivity index (χ4v) is 2.93. The molecule has 6 heteroatoms. The number of nitrogens with zero attached hydrogens (tertiary/aromatic N) is 1. The Balaban J connectivity index is 1.99. The molecule has 3 rings (SSSR count). The first-order valence-corrected chi connectivity index (χ1v) is 8.18. The van der Waals surface area contributed by atoms with Crippen LogP contribution in [0.4, 0.5) is 18.9 Å². The van der Waals surface area contributed by atoms with E-state index in [9.17, 15) is 18.0 Å². The van der Waals surface area contributed by atoms with E-state index in [0.717, 1.165) is 23.4 Å². The number of aryl methyl sites for hydroxylation is 1. The van der Waals surface area contributed by atoms with Crippen LogP contribution in [0.25, 0.3) is 10.9 Å². The second kappa shape index (κ2) is 6.78. The van der Waals surface area contributed by atoms with Crippen LogP contribution in [0.2, 0.25) is 0 Å². The minimum absolute atomic E-state index is 0.307. The highest BCUT2D eigenvalue weighted by Crippen LogP contribution is 2.30. The lowest BCUT2D eigenvalue weighted by Gasteiger charge is -2.14. The maximum absolute atomic E-state index is 12.8. The smallest absolute Gasteiger partial charge is 0.322 e. The molecule has 0 aliphatic rings. The molecular weight excluding hydrogens is 341 g/mol. The molecule has 0 aliphatic heterocycles. The second-order valence-corrected chi connectivity index (χ2v) is 5.96. The molecule has 134 valence electrons. The molecule has 1 aromatic heterocycles. The molecule has 1 N–H and O–H groups in total. The number of carbonyl (C=O) groups is 1. The Hall–Kier alpha value is -2.89. The fraction of sp³-hybridized carbons (Fsp3) is 0.200. The SMILES string of the molecule is CCc1nc2ccccc2c(C(=O)Nc2ccc(C(F)(F)F)cc2)c1C. The summed E-state index contributed by atoms with van der Waals surface area (Å²) in [6, 6.07) is 11.7. The molecule has 1 heterocycles. The van der Waals surface area contributed by atoms with Gasteiger partial charge in [-0.05, 0) is 49.2 Å². The molecule has 26 heavy (non-hydrogen) atoms. The fourth-order valence-electron chi connectivity index (χ4n) is 2.93. The quantitative estimate of drug-likeness (QED) is 0.683. The Morgan fingerprint density at radius 3 is 2.35 bits per heavy atom. The third kappa shape index (κ3) is 3.40. The van der Waals surface area contributed by atoms with Crippen LogP contribution in [0.5, 0.6) is 0 Å². The standard InChI is InChI=1S/C20H17F3N2O/c1-3-16-12(2)18(15-6-4-5-7-17(15)25-16)19(26)24-14-10-8-13(9-11-14)20(21,22)23/h4-11H,3H2,1-2H3,(H,24,26). The summed E-state index contributed by atoms with van der Waals surface area (Å²) in [7, 11) is 0. The third-order valence-corrected chi connectivity index (χ3v) is 4.27. The average molecular weight is 358 g/mol. The molecular formula is C20H17F3N2O. The third-order valence-electron chi connectivity index (χ3n) is 4.27. The zero-order valence-electron chi connectivity index (χ0n) is 14.3. The molecule has 0 bridgehead atoms. The highest BCUT2D eigenvalue weighted by molar-refractivity contribution is 6.13. The maximum Gasteiger partial charge on any atom is 0.416 e. The van der Waals surface area contributed by atoms with Crippen molar-refractivity contribution in [1.29, 1.82) is 0 Å². The molecule has 0 aliphatic carbocycles. The number of pyridine rings is 1. The lowest BCUT2D eigenvalue weighted by atomic mass is 9.99. The molecule has 0 spiro atoms. The van der Waals surface area contributed by atoms with E-state index in [1.807, 2.05) is 38.1 Å². The second-order valence-electron chi connectivity index (χ2n) is 5.96. The van der Waals surface area contributed by atoms with E-state index in [1.54, 1.807) is 0 Å². The first-order valence-electron chi connectivity index (χ1n) is 8.18. The normalized spacial score (nSPS) is 11.6. The first-order chi connectivity index (χ1) is 12.3. The number of carbonyl (C=O) groups excluding carboxylic acids is 1. The lowest BCUT2D eigenvalue weighted by Crippen LogP contribution is -2.16. The van der Waals surface area contributed by atoms with Crippen LogP contribution < -0.4 is 5.32 Å². The number of aromatic nitrogens is 1. The van der Waals surface area contributed by atoms with Crippen molar-refractivity contribution in [2.24, 2.45) is 0 Å². The summed E-state index contributed by atoms with van der Waals surface area (Å²) in [5.41, 5.74) is 2.35. The van der Waals surface area contributed by atoms with E-state index >= 15 is 0 Å². The van der Waals surface area contributed by atoms with Gasteiger partial charge in [-0.25, -0.2) is 0 Å². The van der Waals surface area contributed by atoms with Gasteiger partial charge in [-0.1, -0.05) is 25.1 Å². The van der Waals surface area contributed by atoms with Gasteiger partial charge < -0.3 is 5.32 Å². The molecule has 0 atom stereocenters. The van der Waals surface area contributed by atoms with Crippen molar-refractivity contribution in [2.75, 3.05) is 5.32 Å². The van der Waals surface area contributed by atoms with Gasteiger partial charge in [0.05, 0.1) is 16.6 Å². The van der Waals surface area contributed by atoms with E-state index < -0.39 is 11.7 Å². The van der Waals surface area contributed by atoms with Crippen molar-refractivity contribution in [3.05, 3.63) is 70.9 Å². The molecule has 0 unspecified atom stereocenters. The predicted octanol–water partition coefficient (Wildman–Crippen LogP) is 5.38. The van der Waals surface area contributed by atoms with E-state index in [2.05, 4.69) is 10.3 Å². The Morgan fingerprint density at radius 2 is 1.73 bits per heavy atom. The van der Waals surface area contributed by atoms with Crippen LogP contribution >= 0.6 is 0 Å². The van der Waals surface area contributed by atoms with Crippen molar-refractivity contribution in [3.63, 3.8) is 0 Å². The van der Waals surface area contributed by atoms with Crippen molar-refractivity contribution in [1.82, 2.24) is 4.98 Å². The number of hydrogen-bond acceptors (Lipinski definition) is 2. The summed E-state index contributed by atoms with van der Waals surface area (Å²) in [5, 5.41) is 3.40. The summed E-state index contributed by atoms with van der Waals surface area (Å²) in [6.07, 6.45) is -3.73. The Bertz CT molecular complexity index is 963. The van der Waals surface area contributed by atoms with Gasteiger partial charge in [-0.3, -0.25) is 9.78 Å². The largest absolute Gasteiger partial charge is 0.416 e. The highest BCUT2D eigenvalue weighted by atomic mass is 19.4. The van der Waals surface area contributed by atoms with Gasteiger partial charge in [-0.15, -0.1) is 0 Å². The molecule has 0 fully saturated rings. The van der Waals surface area contributed by atoms with Gasteiger partial charge in [0.25, 0.3) is 5.91 Å². The Morgan fingerprint density at radius 1 is 1.08 bits per heavy atom. The molecule has 1 amide bonds. The number of fused-ring (bicyclic) bond motifs is 1. The summed E-state index contributed by atoms with van der Waals surface area (Å²) >= 11 is 0. The average Bonchev–Trinajstić information content (AvgIpc) is 2.60. The zero-order valence-corrected chi connectivity index (χ0v) is 14.3. The maximum atomic E-state index is 12.8. The minimum atomic E-state index is -4.41. The van der Waals surface area contributed by atoms with Gasteiger partial charge in [0.15, 0.2) is 0 Å². The summed E-state index contributed by atoms with van der Waals surface area (Å²) in [5.74, 6) is -0.365. The molecule has 0 radical (unpaired) electrons. The number of rotatable bonds is 3. The number of halogens is 3. The van der Waals surface area contributed by atoms with Crippen LogP contribution in [-0.4, -0.2) is 10.9 Å².